The van der Waals surface area contributed by atoms with E-state index in [-0.39, 0.29) is 17.6 Å². The van der Waals surface area contributed by atoms with Crippen molar-refractivity contribution in [3.8, 4) is 5.69 Å². The predicted molar refractivity (Wildman–Crippen MR) is 126 cm³/mol. The number of nitro benzene ring substituents is 1. The summed E-state index contributed by atoms with van der Waals surface area (Å²) < 4.78 is 1.66. The molecule has 0 saturated carbocycles. The average Bonchev–Trinajstić information content (AvgIpc) is 3.38. The maximum absolute atomic E-state index is 13.6. The Bertz CT molecular complexity index is 1120. The normalized spacial score (nSPS) is 15.3. The zero-order valence-electron chi connectivity index (χ0n) is 19.1. The van der Waals surface area contributed by atoms with E-state index >= 15 is 0 Å². The smallest absolute Gasteiger partial charge is 0.270 e. The lowest BCUT2D eigenvalue weighted by Crippen LogP contribution is -2.36. The van der Waals surface area contributed by atoms with Crippen molar-refractivity contribution >= 4 is 17.3 Å². The standard InChI is InChI=1S/C24H28N6O3/c1-17-10-12-28(13-11-17)23-9-8-21(30(32)33)14-22(23)24(31)27(3)18(2)19-4-6-20(7-5-19)29-16-25-15-26-29/h4-9,14-18H,10-13H2,1-3H3. The molecule has 0 bridgehead atoms. The van der Waals surface area contributed by atoms with Crippen molar-refractivity contribution in [2.24, 2.45) is 5.92 Å². The quantitative estimate of drug-likeness (QED) is 0.413. The molecule has 2 aromatic carbocycles. The number of carbonyl (C=O) groups is 1. The van der Waals surface area contributed by atoms with E-state index in [4.69, 9.17) is 0 Å². The minimum absolute atomic E-state index is 0.0780. The van der Waals surface area contributed by atoms with Gasteiger partial charge in [-0.2, -0.15) is 5.10 Å². The van der Waals surface area contributed by atoms with Gasteiger partial charge in [0.15, 0.2) is 0 Å². The second-order valence-electron chi connectivity index (χ2n) is 8.65. The topological polar surface area (TPSA) is 97.4 Å². The van der Waals surface area contributed by atoms with Crippen molar-refractivity contribution in [1.29, 1.82) is 0 Å². The lowest BCUT2D eigenvalue weighted by Gasteiger charge is -2.34. The molecular formula is C24H28N6O3. The Morgan fingerprint density at radius 2 is 1.88 bits per heavy atom. The molecule has 1 fully saturated rings. The number of hydrogen-bond acceptors (Lipinski definition) is 6. The van der Waals surface area contributed by atoms with Crippen LogP contribution in [0, 0.1) is 16.0 Å². The Balaban J connectivity index is 1.60. The number of hydrogen-bond donors (Lipinski definition) is 0. The van der Waals surface area contributed by atoms with Gasteiger partial charge in [-0.05, 0) is 49.4 Å². The van der Waals surface area contributed by atoms with E-state index in [0.717, 1.165) is 42.9 Å². The summed E-state index contributed by atoms with van der Waals surface area (Å²) in [5.41, 5.74) is 2.88. The fourth-order valence-electron chi connectivity index (χ4n) is 4.17. The van der Waals surface area contributed by atoms with E-state index in [1.807, 2.05) is 31.2 Å². The lowest BCUT2D eigenvalue weighted by molar-refractivity contribution is -0.384. The van der Waals surface area contributed by atoms with Gasteiger partial charge in [0.25, 0.3) is 11.6 Å². The van der Waals surface area contributed by atoms with Crippen LogP contribution >= 0.6 is 0 Å². The van der Waals surface area contributed by atoms with Crippen molar-refractivity contribution in [2.45, 2.75) is 32.7 Å². The Morgan fingerprint density at radius 1 is 1.18 bits per heavy atom. The Hall–Kier alpha value is -3.75. The highest BCUT2D eigenvalue weighted by Crippen LogP contribution is 2.32. The number of nitro groups is 1. The fourth-order valence-corrected chi connectivity index (χ4v) is 4.17. The minimum atomic E-state index is -0.453. The average molecular weight is 449 g/mol. The van der Waals surface area contributed by atoms with Gasteiger partial charge in [0.2, 0.25) is 0 Å². The molecule has 1 unspecified atom stereocenters. The molecule has 1 aliphatic rings. The number of amides is 1. The molecule has 1 aliphatic heterocycles. The number of nitrogens with zero attached hydrogens (tertiary/aromatic N) is 6. The van der Waals surface area contributed by atoms with Gasteiger partial charge in [0.05, 0.1) is 27.9 Å². The summed E-state index contributed by atoms with van der Waals surface area (Å²) in [6.45, 7) is 5.84. The number of non-ortho nitro benzene ring substituents is 1. The molecule has 33 heavy (non-hydrogen) atoms. The molecule has 1 amide bonds. The van der Waals surface area contributed by atoms with Gasteiger partial charge in [-0.15, -0.1) is 0 Å². The van der Waals surface area contributed by atoms with Crippen LogP contribution in [0.15, 0.2) is 55.1 Å². The Kier molecular flexibility index (Phi) is 6.39. The molecule has 9 nitrogen and oxygen atoms in total. The van der Waals surface area contributed by atoms with Gasteiger partial charge >= 0.3 is 0 Å². The first kappa shape index (κ1) is 22.4. The van der Waals surface area contributed by atoms with Crippen LogP contribution in [0.1, 0.15) is 48.7 Å². The van der Waals surface area contributed by atoms with Crippen LogP contribution in [0.4, 0.5) is 11.4 Å². The third kappa shape index (κ3) is 4.72. The highest BCUT2D eigenvalue weighted by Gasteiger charge is 2.27. The summed E-state index contributed by atoms with van der Waals surface area (Å²) in [5.74, 6) is 0.404. The molecule has 1 atom stereocenters. The third-order valence-electron chi connectivity index (χ3n) is 6.51. The molecule has 2 heterocycles. The van der Waals surface area contributed by atoms with Crippen LogP contribution in [0.25, 0.3) is 5.69 Å². The summed E-state index contributed by atoms with van der Waals surface area (Å²) >= 11 is 0. The zero-order chi connectivity index (χ0) is 23.5. The first-order valence-corrected chi connectivity index (χ1v) is 11.1. The van der Waals surface area contributed by atoms with Crippen LogP contribution in [0.2, 0.25) is 0 Å². The first-order chi connectivity index (χ1) is 15.8. The number of piperidine rings is 1. The minimum Gasteiger partial charge on any atom is -0.371 e. The van der Waals surface area contributed by atoms with E-state index in [2.05, 4.69) is 21.9 Å². The van der Waals surface area contributed by atoms with E-state index in [1.165, 1.54) is 18.5 Å². The first-order valence-electron chi connectivity index (χ1n) is 11.1. The van der Waals surface area contributed by atoms with Crippen molar-refractivity contribution in [2.75, 3.05) is 25.0 Å². The highest BCUT2D eigenvalue weighted by molar-refractivity contribution is 6.00. The van der Waals surface area contributed by atoms with Crippen molar-refractivity contribution < 1.29 is 9.72 Å². The molecule has 9 heteroatoms. The summed E-state index contributed by atoms with van der Waals surface area (Å²) in [4.78, 5) is 32.3. The SMILES string of the molecule is CC1CCN(c2ccc([N+](=O)[O-])cc2C(=O)N(C)C(C)c2ccc(-n3cncn3)cc2)CC1. The van der Waals surface area contributed by atoms with Crippen molar-refractivity contribution in [1.82, 2.24) is 19.7 Å². The van der Waals surface area contributed by atoms with Gasteiger partial charge in [0.1, 0.15) is 12.7 Å². The Morgan fingerprint density at radius 3 is 2.48 bits per heavy atom. The number of carbonyl (C=O) groups excluding carboxylic acids is 1. The zero-order valence-corrected chi connectivity index (χ0v) is 19.1. The predicted octanol–water partition coefficient (Wildman–Crippen LogP) is 4.25. The molecule has 4 rings (SSSR count). The number of aromatic nitrogens is 3. The fraction of sp³-hybridized carbons (Fsp3) is 0.375. The summed E-state index contributed by atoms with van der Waals surface area (Å²) in [5, 5.41) is 15.5. The van der Waals surface area contributed by atoms with Gasteiger partial charge in [0, 0.05) is 32.3 Å². The molecular weight excluding hydrogens is 420 g/mol. The van der Waals surface area contributed by atoms with Crippen LogP contribution < -0.4 is 4.90 Å². The molecule has 1 saturated heterocycles. The third-order valence-corrected chi connectivity index (χ3v) is 6.51. The number of rotatable bonds is 6. The molecule has 0 aliphatic carbocycles. The number of anilines is 1. The number of benzene rings is 2. The maximum atomic E-state index is 13.6. The van der Waals surface area contributed by atoms with Gasteiger partial charge in [-0.3, -0.25) is 14.9 Å². The molecule has 0 spiro atoms. The van der Waals surface area contributed by atoms with Crippen molar-refractivity contribution in [3.05, 3.63) is 76.4 Å². The van der Waals surface area contributed by atoms with Crippen LogP contribution in [0.3, 0.4) is 0 Å². The molecule has 3 aromatic rings. The van der Waals surface area contributed by atoms with Gasteiger partial charge < -0.3 is 9.80 Å². The highest BCUT2D eigenvalue weighted by atomic mass is 16.6. The Labute approximate surface area is 192 Å². The van der Waals surface area contributed by atoms with Crippen LogP contribution in [0.5, 0.6) is 0 Å². The molecule has 172 valence electrons. The summed E-state index contributed by atoms with van der Waals surface area (Å²) in [6.07, 6.45) is 5.17. The maximum Gasteiger partial charge on any atom is 0.270 e. The second-order valence-corrected chi connectivity index (χ2v) is 8.65. The molecule has 0 radical (unpaired) electrons. The molecule has 0 N–H and O–H groups in total. The monoisotopic (exact) mass is 448 g/mol. The lowest BCUT2D eigenvalue weighted by atomic mass is 9.97. The van der Waals surface area contributed by atoms with Gasteiger partial charge in [-0.1, -0.05) is 19.1 Å². The summed E-state index contributed by atoms with van der Waals surface area (Å²) in [7, 11) is 1.74. The summed E-state index contributed by atoms with van der Waals surface area (Å²) in [6, 6.07) is 12.1. The molecule has 1 aromatic heterocycles. The van der Waals surface area contributed by atoms with E-state index in [1.54, 1.807) is 29.0 Å². The van der Waals surface area contributed by atoms with Crippen LogP contribution in [-0.4, -0.2) is 50.6 Å². The van der Waals surface area contributed by atoms with Crippen molar-refractivity contribution in [3.63, 3.8) is 0 Å². The van der Waals surface area contributed by atoms with E-state index in [9.17, 15) is 14.9 Å². The van der Waals surface area contributed by atoms with E-state index < -0.39 is 4.92 Å². The van der Waals surface area contributed by atoms with E-state index in [0.29, 0.717) is 11.5 Å². The van der Waals surface area contributed by atoms with Crippen LogP contribution in [-0.2, 0) is 0 Å². The second kappa shape index (κ2) is 9.40. The van der Waals surface area contributed by atoms with Gasteiger partial charge in [-0.25, -0.2) is 9.67 Å². The largest absolute Gasteiger partial charge is 0.371 e.